The number of carbonyl (C=O) groups excluding carboxylic acids is 1. The Kier molecular flexibility index (Phi) is 6.25. The standard InChI is InChI=1S/C18H22FN3O3S2/c1-14(18(23)20-13-16-3-2-12-26-16)21-8-10-22(11-9-21)27(24,25)17-6-4-15(19)5-7-17/h2-7,12,14H,8-11,13H2,1H3,(H,20,23)/p+1/t14-/m1/s1. The van der Waals surface area contributed by atoms with E-state index >= 15 is 0 Å². The summed E-state index contributed by atoms with van der Waals surface area (Å²) in [5.74, 6) is -0.501. The van der Waals surface area contributed by atoms with Crippen LogP contribution in [-0.2, 0) is 21.4 Å². The molecule has 1 aliphatic heterocycles. The van der Waals surface area contributed by atoms with Crippen molar-refractivity contribution in [2.75, 3.05) is 26.2 Å². The Labute approximate surface area is 162 Å². The molecule has 6 nitrogen and oxygen atoms in total. The summed E-state index contributed by atoms with van der Waals surface area (Å²) in [7, 11) is -3.63. The van der Waals surface area contributed by atoms with E-state index in [1.165, 1.54) is 16.4 Å². The number of nitrogens with zero attached hydrogens (tertiary/aromatic N) is 1. The average Bonchev–Trinajstić information content (AvgIpc) is 3.19. The molecule has 146 valence electrons. The zero-order valence-corrected chi connectivity index (χ0v) is 16.7. The molecule has 0 radical (unpaired) electrons. The summed E-state index contributed by atoms with van der Waals surface area (Å²) in [5.41, 5.74) is 0. The van der Waals surface area contributed by atoms with Crippen molar-refractivity contribution in [3.63, 3.8) is 0 Å². The number of rotatable bonds is 6. The molecule has 0 aliphatic carbocycles. The molecule has 1 aromatic heterocycles. The van der Waals surface area contributed by atoms with Crippen molar-refractivity contribution in [2.45, 2.75) is 24.4 Å². The number of amides is 1. The van der Waals surface area contributed by atoms with Crippen molar-refractivity contribution in [2.24, 2.45) is 0 Å². The predicted octanol–water partition coefficient (Wildman–Crippen LogP) is 0.481. The summed E-state index contributed by atoms with van der Waals surface area (Å²) in [5, 5.41) is 4.91. The maximum Gasteiger partial charge on any atom is 0.278 e. The Morgan fingerprint density at radius 1 is 1.26 bits per heavy atom. The fraction of sp³-hybridized carbons (Fsp3) is 0.389. The number of hydrogen-bond donors (Lipinski definition) is 2. The third-order valence-electron chi connectivity index (χ3n) is 4.84. The van der Waals surface area contributed by atoms with Crippen LogP contribution in [0.25, 0.3) is 0 Å². The Hall–Kier alpha value is -1.81. The predicted molar refractivity (Wildman–Crippen MR) is 101 cm³/mol. The van der Waals surface area contributed by atoms with Gasteiger partial charge in [0.15, 0.2) is 6.04 Å². The van der Waals surface area contributed by atoms with E-state index in [1.807, 2.05) is 24.4 Å². The van der Waals surface area contributed by atoms with Crippen LogP contribution in [-0.4, -0.2) is 50.9 Å². The van der Waals surface area contributed by atoms with Crippen molar-refractivity contribution >= 4 is 27.3 Å². The zero-order chi connectivity index (χ0) is 19.4. The molecule has 2 N–H and O–H groups in total. The number of nitrogens with one attached hydrogen (secondary N) is 2. The van der Waals surface area contributed by atoms with Gasteiger partial charge in [-0.1, -0.05) is 6.07 Å². The Morgan fingerprint density at radius 2 is 1.93 bits per heavy atom. The highest BCUT2D eigenvalue weighted by Crippen LogP contribution is 2.16. The summed E-state index contributed by atoms with van der Waals surface area (Å²) in [6.45, 7) is 4.14. The SMILES string of the molecule is C[C@H](C(=O)NCc1cccs1)[NH+]1CCN(S(=O)(=O)c2ccc(F)cc2)CC1. The van der Waals surface area contributed by atoms with Gasteiger partial charge in [-0.3, -0.25) is 4.79 Å². The van der Waals surface area contributed by atoms with Crippen LogP contribution in [0.15, 0.2) is 46.7 Å². The third kappa shape index (κ3) is 4.73. The van der Waals surface area contributed by atoms with Gasteiger partial charge in [-0.2, -0.15) is 4.31 Å². The van der Waals surface area contributed by atoms with Crippen molar-refractivity contribution in [1.82, 2.24) is 9.62 Å². The Morgan fingerprint density at radius 3 is 2.52 bits per heavy atom. The monoisotopic (exact) mass is 412 g/mol. The first-order valence-electron chi connectivity index (χ1n) is 8.78. The van der Waals surface area contributed by atoms with E-state index in [0.29, 0.717) is 32.7 Å². The van der Waals surface area contributed by atoms with Gasteiger partial charge in [0.05, 0.1) is 37.6 Å². The molecular formula is C18H23FN3O3S2+. The van der Waals surface area contributed by atoms with Gasteiger partial charge in [0, 0.05) is 4.88 Å². The maximum absolute atomic E-state index is 13.0. The minimum absolute atomic E-state index is 0.0340. The lowest BCUT2D eigenvalue weighted by atomic mass is 10.2. The van der Waals surface area contributed by atoms with Crippen LogP contribution >= 0.6 is 11.3 Å². The zero-order valence-electron chi connectivity index (χ0n) is 15.0. The number of halogens is 1. The molecule has 1 saturated heterocycles. The van der Waals surface area contributed by atoms with Gasteiger partial charge in [0.25, 0.3) is 5.91 Å². The van der Waals surface area contributed by atoms with Crippen molar-refractivity contribution < 1.29 is 22.5 Å². The summed E-state index contributed by atoms with van der Waals surface area (Å²) in [4.78, 5) is 14.6. The summed E-state index contributed by atoms with van der Waals surface area (Å²) < 4.78 is 39.8. The van der Waals surface area contributed by atoms with Gasteiger partial charge >= 0.3 is 0 Å². The van der Waals surface area contributed by atoms with Crippen molar-refractivity contribution in [3.8, 4) is 0 Å². The number of piperazine rings is 1. The minimum Gasteiger partial charge on any atom is -0.346 e. The molecular weight excluding hydrogens is 389 g/mol. The van der Waals surface area contributed by atoms with E-state index in [4.69, 9.17) is 0 Å². The maximum atomic E-state index is 13.0. The topological polar surface area (TPSA) is 70.9 Å². The van der Waals surface area contributed by atoms with Crippen LogP contribution in [0, 0.1) is 5.82 Å². The molecule has 2 aromatic rings. The van der Waals surface area contributed by atoms with Crippen LogP contribution in [0.1, 0.15) is 11.8 Å². The molecule has 1 fully saturated rings. The van der Waals surface area contributed by atoms with Gasteiger partial charge in [0.1, 0.15) is 5.82 Å². The first-order chi connectivity index (χ1) is 12.9. The molecule has 2 heterocycles. The minimum atomic E-state index is -3.63. The molecule has 1 aliphatic rings. The number of hydrogen-bond acceptors (Lipinski definition) is 4. The summed E-state index contributed by atoms with van der Waals surface area (Å²) >= 11 is 1.60. The molecule has 1 aromatic carbocycles. The first kappa shape index (κ1) is 19.9. The number of carbonyl (C=O) groups is 1. The van der Waals surface area contributed by atoms with Crippen LogP contribution in [0.5, 0.6) is 0 Å². The molecule has 27 heavy (non-hydrogen) atoms. The highest BCUT2D eigenvalue weighted by atomic mass is 32.2. The number of thiophene rings is 1. The number of benzene rings is 1. The molecule has 0 saturated carbocycles. The lowest BCUT2D eigenvalue weighted by Crippen LogP contribution is -3.19. The Balaban J connectivity index is 1.54. The van der Waals surface area contributed by atoms with Gasteiger partial charge < -0.3 is 10.2 Å². The van der Waals surface area contributed by atoms with E-state index in [1.54, 1.807) is 11.3 Å². The second kappa shape index (κ2) is 8.47. The van der Waals surface area contributed by atoms with Crippen LogP contribution in [0.4, 0.5) is 4.39 Å². The van der Waals surface area contributed by atoms with Gasteiger partial charge in [0.2, 0.25) is 10.0 Å². The van der Waals surface area contributed by atoms with E-state index in [2.05, 4.69) is 5.32 Å². The molecule has 1 atom stereocenters. The molecule has 3 rings (SSSR count). The highest BCUT2D eigenvalue weighted by Gasteiger charge is 2.34. The fourth-order valence-electron chi connectivity index (χ4n) is 3.13. The molecule has 0 bridgehead atoms. The van der Waals surface area contributed by atoms with Crippen LogP contribution < -0.4 is 10.2 Å². The highest BCUT2D eigenvalue weighted by molar-refractivity contribution is 7.89. The molecule has 0 spiro atoms. The van der Waals surface area contributed by atoms with E-state index in [9.17, 15) is 17.6 Å². The quantitative estimate of drug-likeness (QED) is 0.725. The second-order valence-corrected chi connectivity index (χ2v) is 9.51. The lowest BCUT2D eigenvalue weighted by Gasteiger charge is -2.34. The normalized spacial score (nSPS) is 17.6. The third-order valence-corrected chi connectivity index (χ3v) is 7.63. The fourth-order valence-corrected chi connectivity index (χ4v) is 5.21. The van der Waals surface area contributed by atoms with Gasteiger partial charge in [-0.25, -0.2) is 12.8 Å². The summed E-state index contributed by atoms with van der Waals surface area (Å²) in [6, 6.07) is 8.53. The van der Waals surface area contributed by atoms with Crippen molar-refractivity contribution in [3.05, 3.63) is 52.5 Å². The van der Waals surface area contributed by atoms with Gasteiger partial charge in [-0.05, 0) is 42.6 Å². The van der Waals surface area contributed by atoms with E-state index in [0.717, 1.165) is 21.9 Å². The largest absolute Gasteiger partial charge is 0.346 e. The van der Waals surface area contributed by atoms with Gasteiger partial charge in [-0.15, -0.1) is 11.3 Å². The Bertz CT molecular complexity index is 862. The smallest absolute Gasteiger partial charge is 0.278 e. The average molecular weight is 413 g/mol. The number of sulfonamides is 1. The molecule has 9 heteroatoms. The molecule has 1 amide bonds. The second-order valence-electron chi connectivity index (χ2n) is 6.54. The van der Waals surface area contributed by atoms with Crippen molar-refractivity contribution in [1.29, 1.82) is 0 Å². The van der Waals surface area contributed by atoms with E-state index < -0.39 is 15.8 Å². The van der Waals surface area contributed by atoms with E-state index in [-0.39, 0.29) is 16.8 Å². The van der Waals surface area contributed by atoms with Crippen LogP contribution in [0.2, 0.25) is 0 Å². The summed E-state index contributed by atoms with van der Waals surface area (Å²) in [6.07, 6.45) is 0. The molecule has 0 unspecified atom stereocenters. The van der Waals surface area contributed by atoms with Crippen LogP contribution in [0.3, 0.4) is 0 Å². The first-order valence-corrected chi connectivity index (χ1v) is 11.1. The number of quaternary nitrogens is 1. The lowest BCUT2D eigenvalue weighted by molar-refractivity contribution is -0.917.